The molecule has 1 heterocycles. The van der Waals surface area contributed by atoms with E-state index >= 15 is 0 Å². The molecular formula is C9H13N3O4. The molecule has 0 aromatic carbocycles. The molecule has 0 unspecified atom stereocenters. The van der Waals surface area contributed by atoms with Crippen LogP contribution in [0.25, 0.3) is 0 Å². The molecule has 0 saturated carbocycles. The summed E-state index contributed by atoms with van der Waals surface area (Å²) in [6, 6.07) is 0. The molecule has 0 fully saturated rings. The Morgan fingerprint density at radius 2 is 2.38 bits per heavy atom. The summed E-state index contributed by atoms with van der Waals surface area (Å²) < 4.78 is 11.0. The molecule has 0 spiro atoms. The summed E-state index contributed by atoms with van der Waals surface area (Å²) in [7, 11) is 0. The van der Waals surface area contributed by atoms with Crippen molar-refractivity contribution in [3.63, 3.8) is 0 Å². The fraction of sp³-hybridized carbons (Fsp3) is 0.444. The number of nitrogens with zero attached hydrogens (tertiary/aromatic N) is 2. The van der Waals surface area contributed by atoms with Crippen molar-refractivity contribution in [3.8, 4) is 0 Å². The Kier molecular flexibility index (Phi) is 5.46. The van der Waals surface area contributed by atoms with Crippen LogP contribution in [0.4, 0.5) is 4.79 Å². The van der Waals surface area contributed by atoms with Gasteiger partial charge in [-0.25, -0.2) is 9.78 Å². The Morgan fingerprint density at radius 1 is 1.50 bits per heavy atom. The number of alkyl carbamates (subject to hydrolysis) is 1. The van der Waals surface area contributed by atoms with Crippen LogP contribution in [0.15, 0.2) is 18.7 Å². The van der Waals surface area contributed by atoms with Crippen molar-refractivity contribution < 1.29 is 19.1 Å². The largest absolute Gasteiger partial charge is 0.466 e. The van der Waals surface area contributed by atoms with Crippen LogP contribution in [-0.4, -0.2) is 41.9 Å². The lowest BCUT2D eigenvalue weighted by molar-refractivity contribution is -0.128. The van der Waals surface area contributed by atoms with E-state index in [0.29, 0.717) is 13.0 Å². The van der Waals surface area contributed by atoms with Crippen molar-refractivity contribution in [2.24, 2.45) is 0 Å². The monoisotopic (exact) mass is 227 g/mol. The third kappa shape index (κ3) is 4.99. The number of nitrogens with one attached hydrogen (secondary N) is 1. The quantitative estimate of drug-likeness (QED) is 0.514. The van der Waals surface area contributed by atoms with E-state index in [0.717, 1.165) is 0 Å². The van der Waals surface area contributed by atoms with Crippen LogP contribution >= 0.6 is 0 Å². The highest BCUT2D eigenvalue weighted by Gasteiger charge is 2.00. The predicted octanol–water partition coefficient (Wildman–Crippen LogP) is -0.218. The molecule has 1 aromatic heterocycles. The summed E-state index contributed by atoms with van der Waals surface area (Å²) in [5.74, 6) is 0. The number of amides is 1. The van der Waals surface area contributed by atoms with E-state index in [9.17, 15) is 9.59 Å². The molecule has 1 amide bonds. The van der Waals surface area contributed by atoms with E-state index in [4.69, 9.17) is 4.74 Å². The molecule has 1 aromatic rings. The van der Waals surface area contributed by atoms with Gasteiger partial charge in [0.25, 0.3) is 6.47 Å². The molecular weight excluding hydrogens is 214 g/mol. The minimum absolute atomic E-state index is 0.139. The highest BCUT2D eigenvalue weighted by Crippen LogP contribution is 1.87. The molecule has 0 atom stereocenters. The van der Waals surface area contributed by atoms with Gasteiger partial charge in [-0.05, 0) is 0 Å². The van der Waals surface area contributed by atoms with Crippen molar-refractivity contribution in [2.75, 3.05) is 19.8 Å². The van der Waals surface area contributed by atoms with Gasteiger partial charge in [-0.1, -0.05) is 0 Å². The van der Waals surface area contributed by atoms with Crippen molar-refractivity contribution in [2.45, 2.75) is 6.54 Å². The minimum Gasteiger partial charge on any atom is -0.466 e. The van der Waals surface area contributed by atoms with Crippen molar-refractivity contribution >= 4 is 12.6 Å². The van der Waals surface area contributed by atoms with Crippen LogP contribution < -0.4 is 5.32 Å². The number of ether oxygens (including phenoxy) is 2. The van der Waals surface area contributed by atoms with Gasteiger partial charge in [0.1, 0.15) is 13.2 Å². The zero-order valence-electron chi connectivity index (χ0n) is 8.67. The smallest absolute Gasteiger partial charge is 0.407 e. The molecule has 0 bridgehead atoms. The maximum atomic E-state index is 11.0. The van der Waals surface area contributed by atoms with Gasteiger partial charge in [0.05, 0.1) is 19.4 Å². The van der Waals surface area contributed by atoms with Gasteiger partial charge in [-0.15, -0.1) is 0 Å². The molecule has 0 aliphatic carbocycles. The Bertz CT molecular complexity index is 313. The van der Waals surface area contributed by atoms with Crippen molar-refractivity contribution in [3.05, 3.63) is 18.7 Å². The topological polar surface area (TPSA) is 82.5 Å². The van der Waals surface area contributed by atoms with Gasteiger partial charge in [-0.2, -0.15) is 0 Å². The van der Waals surface area contributed by atoms with Crippen LogP contribution in [-0.2, 0) is 20.8 Å². The van der Waals surface area contributed by atoms with Crippen molar-refractivity contribution in [1.82, 2.24) is 14.9 Å². The molecule has 0 aliphatic rings. The van der Waals surface area contributed by atoms with Crippen molar-refractivity contribution in [1.29, 1.82) is 0 Å². The van der Waals surface area contributed by atoms with Gasteiger partial charge in [0.2, 0.25) is 0 Å². The molecule has 1 rings (SSSR count). The summed E-state index contributed by atoms with van der Waals surface area (Å²) in [6.45, 7) is 1.52. The number of hydrogen-bond donors (Lipinski definition) is 1. The van der Waals surface area contributed by atoms with E-state index in [1.54, 1.807) is 23.3 Å². The number of rotatable bonds is 7. The highest BCUT2D eigenvalue weighted by molar-refractivity contribution is 5.67. The third-order valence-electron chi connectivity index (χ3n) is 1.70. The van der Waals surface area contributed by atoms with Gasteiger partial charge < -0.3 is 19.4 Å². The maximum absolute atomic E-state index is 11.0. The predicted molar refractivity (Wildman–Crippen MR) is 53.6 cm³/mol. The van der Waals surface area contributed by atoms with Gasteiger partial charge >= 0.3 is 6.09 Å². The molecule has 7 nitrogen and oxygen atoms in total. The van der Waals surface area contributed by atoms with Gasteiger partial charge in [0, 0.05) is 12.4 Å². The fourth-order valence-corrected chi connectivity index (χ4v) is 0.974. The van der Waals surface area contributed by atoms with Gasteiger partial charge in [0.15, 0.2) is 0 Å². The number of imidazole rings is 1. The average Bonchev–Trinajstić information content (AvgIpc) is 2.77. The highest BCUT2D eigenvalue weighted by atomic mass is 16.5. The normalized spacial score (nSPS) is 9.50. The van der Waals surface area contributed by atoms with E-state index in [1.165, 1.54) is 0 Å². The standard InChI is InChI=1S/C9H13N3O4/c13-8-15-5-2-11-9(14)16-6-4-12-3-1-10-7-12/h1,3,7-8H,2,4-6H2,(H,11,14). The van der Waals surface area contributed by atoms with Crippen LogP contribution in [0.5, 0.6) is 0 Å². The maximum Gasteiger partial charge on any atom is 0.407 e. The van der Waals surface area contributed by atoms with Crippen LogP contribution in [0, 0.1) is 0 Å². The second-order valence-corrected chi connectivity index (χ2v) is 2.83. The Labute approximate surface area is 92.4 Å². The lowest BCUT2D eigenvalue weighted by Crippen LogP contribution is -2.28. The Balaban J connectivity index is 2.00. The number of aromatic nitrogens is 2. The number of hydrogen-bond acceptors (Lipinski definition) is 5. The van der Waals surface area contributed by atoms with E-state index in [-0.39, 0.29) is 19.8 Å². The summed E-state index contributed by atoms with van der Waals surface area (Å²) >= 11 is 0. The zero-order chi connectivity index (χ0) is 11.6. The van der Waals surface area contributed by atoms with Crippen LogP contribution in [0.2, 0.25) is 0 Å². The Hall–Kier alpha value is -2.05. The first kappa shape index (κ1) is 12.0. The second kappa shape index (κ2) is 7.27. The molecule has 7 heteroatoms. The first-order chi connectivity index (χ1) is 7.83. The average molecular weight is 227 g/mol. The third-order valence-corrected chi connectivity index (χ3v) is 1.70. The lowest BCUT2D eigenvalue weighted by Gasteiger charge is -2.06. The molecule has 0 saturated heterocycles. The lowest BCUT2D eigenvalue weighted by atomic mass is 10.6. The summed E-state index contributed by atoms with van der Waals surface area (Å²) in [6.07, 6.45) is 4.53. The SMILES string of the molecule is O=COCCNC(=O)OCCn1ccnc1. The zero-order valence-corrected chi connectivity index (χ0v) is 8.67. The molecule has 1 N–H and O–H groups in total. The van der Waals surface area contributed by atoms with E-state index in [2.05, 4.69) is 15.0 Å². The van der Waals surface area contributed by atoms with Gasteiger partial charge in [-0.3, -0.25) is 4.79 Å². The number of carbonyl (C=O) groups excluding carboxylic acids is 2. The summed E-state index contributed by atoms with van der Waals surface area (Å²) in [5.41, 5.74) is 0. The second-order valence-electron chi connectivity index (χ2n) is 2.83. The molecule has 88 valence electrons. The van der Waals surface area contributed by atoms with Crippen LogP contribution in [0.3, 0.4) is 0 Å². The summed E-state index contributed by atoms with van der Waals surface area (Å²) in [5, 5.41) is 2.43. The molecule has 16 heavy (non-hydrogen) atoms. The first-order valence-corrected chi connectivity index (χ1v) is 4.74. The fourth-order valence-electron chi connectivity index (χ4n) is 0.974. The Morgan fingerprint density at radius 3 is 3.06 bits per heavy atom. The van der Waals surface area contributed by atoms with Crippen LogP contribution in [0.1, 0.15) is 0 Å². The first-order valence-electron chi connectivity index (χ1n) is 4.74. The minimum atomic E-state index is -0.533. The molecule has 0 aliphatic heterocycles. The van der Waals surface area contributed by atoms with E-state index in [1.807, 2.05) is 0 Å². The molecule has 0 radical (unpaired) electrons. The summed E-state index contributed by atoms with van der Waals surface area (Å²) in [4.78, 5) is 24.7. The number of carbonyl (C=O) groups is 2. The van der Waals surface area contributed by atoms with E-state index < -0.39 is 6.09 Å².